The van der Waals surface area contributed by atoms with Gasteiger partial charge in [0.25, 0.3) is 0 Å². The molecule has 0 unspecified atom stereocenters. The fourth-order valence-electron chi connectivity index (χ4n) is 4.04. The van der Waals surface area contributed by atoms with Gasteiger partial charge >= 0.3 is 0 Å². The smallest absolute Gasteiger partial charge is 0.222 e. The molecule has 0 aliphatic carbocycles. The zero-order chi connectivity index (χ0) is 24.6. The lowest BCUT2D eigenvalue weighted by atomic mass is 10.1. The number of nitrogens with zero attached hydrogens (tertiary/aromatic N) is 4. The summed E-state index contributed by atoms with van der Waals surface area (Å²) in [5, 5.41) is 14.5. The van der Waals surface area contributed by atoms with Crippen molar-refractivity contribution in [3.8, 4) is 17.4 Å². The summed E-state index contributed by atoms with van der Waals surface area (Å²) in [5.41, 5.74) is 1.65. The Kier molecular flexibility index (Phi) is 8.02. The van der Waals surface area contributed by atoms with Gasteiger partial charge in [-0.05, 0) is 31.4 Å². The molecule has 0 spiro atoms. The summed E-state index contributed by atoms with van der Waals surface area (Å²) >= 11 is 0. The number of hydrogen-bond donors (Lipinski definition) is 3. The minimum absolute atomic E-state index is 0.0407. The minimum Gasteiger partial charge on any atom is -0.494 e. The number of carbonyl (C=O) groups excluding carboxylic acids is 1. The number of aliphatic imine (C=N–C) groups is 1. The van der Waals surface area contributed by atoms with Crippen LogP contribution in [0.25, 0.3) is 11.0 Å². The third-order valence-electron chi connectivity index (χ3n) is 6.03. The quantitative estimate of drug-likeness (QED) is 0.480. The van der Waals surface area contributed by atoms with Gasteiger partial charge in [-0.1, -0.05) is 12.8 Å². The Hall–Kier alpha value is -3.82. The van der Waals surface area contributed by atoms with Crippen molar-refractivity contribution in [2.75, 3.05) is 39.2 Å². The molecule has 4 rings (SSSR count). The van der Waals surface area contributed by atoms with E-state index in [1.54, 1.807) is 18.2 Å². The summed E-state index contributed by atoms with van der Waals surface area (Å²) in [6.45, 7) is 1.82. The molecule has 0 saturated heterocycles. The summed E-state index contributed by atoms with van der Waals surface area (Å²) in [7, 11) is 3.44. The number of aromatic amines is 1. The van der Waals surface area contributed by atoms with Crippen LogP contribution in [0, 0.1) is 0 Å². The molecular weight excluding hydrogens is 448 g/mol. The number of ether oxygens (including phenoxy) is 2. The average molecular weight is 481 g/mol. The molecule has 0 atom stereocenters. The van der Waals surface area contributed by atoms with E-state index in [-0.39, 0.29) is 11.8 Å². The number of carbonyl (C=O) groups is 1. The Morgan fingerprint density at radius 3 is 2.86 bits per heavy atom. The maximum absolute atomic E-state index is 12.4. The van der Waals surface area contributed by atoms with E-state index in [1.807, 2.05) is 25.2 Å². The van der Waals surface area contributed by atoms with Gasteiger partial charge in [0.15, 0.2) is 17.4 Å². The number of H-pyrrole nitrogens is 1. The molecule has 2 aromatic heterocycles. The second-order valence-corrected chi connectivity index (χ2v) is 8.53. The summed E-state index contributed by atoms with van der Waals surface area (Å²) in [5.74, 6) is 1.95. The largest absolute Gasteiger partial charge is 0.494 e. The zero-order valence-corrected chi connectivity index (χ0v) is 20.2. The summed E-state index contributed by atoms with van der Waals surface area (Å²) in [6, 6.07) is 5.45. The molecule has 1 aliphatic heterocycles. The zero-order valence-electron chi connectivity index (χ0n) is 20.2. The van der Waals surface area contributed by atoms with Crippen molar-refractivity contribution in [3.63, 3.8) is 0 Å². The highest BCUT2D eigenvalue weighted by Crippen LogP contribution is 2.33. The molecule has 0 saturated carbocycles. The number of benzene rings is 1. The molecule has 3 heterocycles. The SMILES string of the molecule is COc1ccc2cc1OCCCCCCC(=O)N(C)CCCNc1ncnc3[nH]c(O)c(c13)C=N2. The van der Waals surface area contributed by atoms with E-state index >= 15 is 0 Å². The average Bonchev–Trinajstić information content (AvgIpc) is 3.19. The van der Waals surface area contributed by atoms with Gasteiger partial charge in [0, 0.05) is 38.8 Å². The molecule has 0 fully saturated rings. The molecule has 3 aromatic rings. The van der Waals surface area contributed by atoms with Gasteiger partial charge in [-0.25, -0.2) is 9.97 Å². The van der Waals surface area contributed by atoms with Gasteiger partial charge in [0.05, 0.1) is 30.4 Å². The fraction of sp³-hybridized carbons (Fsp3) is 0.440. The maximum atomic E-state index is 12.4. The van der Waals surface area contributed by atoms with E-state index in [1.165, 1.54) is 6.33 Å². The number of hydrogen-bond acceptors (Lipinski definition) is 8. The first-order valence-electron chi connectivity index (χ1n) is 11.9. The Morgan fingerprint density at radius 2 is 2.00 bits per heavy atom. The van der Waals surface area contributed by atoms with Gasteiger partial charge in [-0.15, -0.1) is 0 Å². The molecule has 1 amide bonds. The van der Waals surface area contributed by atoms with Crippen molar-refractivity contribution in [1.82, 2.24) is 19.9 Å². The van der Waals surface area contributed by atoms with E-state index in [0.717, 1.165) is 32.1 Å². The van der Waals surface area contributed by atoms with Crippen LogP contribution in [0.2, 0.25) is 0 Å². The number of aromatic hydroxyl groups is 1. The predicted octanol–water partition coefficient (Wildman–Crippen LogP) is 4.03. The van der Waals surface area contributed by atoms with Crippen molar-refractivity contribution in [3.05, 3.63) is 30.1 Å². The first kappa shape index (κ1) is 24.3. The first-order valence-corrected chi connectivity index (χ1v) is 11.9. The topological polar surface area (TPSA) is 125 Å². The molecule has 10 heteroatoms. The van der Waals surface area contributed by atoms with Crippen molar-refractivity contribution in [1.29, 1.82) is 0 Å². The first-order chi connectivity index (χ1) is 17.1. The summed E-state index contributed by atoms with van der Waals surface area (Å²) in [6.07, 6.45) is 8.07. The van der Waals surface area contributed by atoms with E-state index < -0.39 is 0 Å². The lowest BCUT2D eigenvalue weighted by molar-refractivity contribution is -0.130. The second kappa shape index (κ2) is 11.5. The number of nitrogens with one attached hydrogen (secondary N) is 2. The Morgan fingerprint density at radius 1 is 1.14 bits per heavy atom. The second-order valence-electron chi connectivity index (χ2n) is 8.53. The normalized spacial score (nSPS) is 16.3. The standard InChI is InChI=1S/C25H32N6O4/c1-31-12-7-11-26-23-22-18(25(33)30-24(22)29-16-28-23)15-27-17-9-10-19(34-2)20(14-17)35-13-6-4-3-5-8-21(31)32/h9-10,14-16,33H,3-8,11-13H2,1-2H3,(H2,26,28,29,30). The monoisotopic (exact) mass is 480 g/mol. The van der Waals surface area contributed by atoms with Crippen molar-refractivity contribution in [2.45, 2.75) is 38.5 Å². The number of anilines is 1. The number of methoxy groups -OCH3 is 1. The molecule has 186 valence electrons. The third kappa shape index (κ3) is 6.00. The molecule has 0 radical (unpaired) electrons. The van der Waals surface area contributed by atoms with Crippen LogP contribution in [0.5, 0.6) is 17.4 Å². The Bertz CT molecular complexity index is 1190. The highest BCUT2D eigenvalue weighted by Gasteiger charge is 2.16. The predicted molar refractivity (Wildman–Crippen MR) is 135 cm³/mol. The highest BCUT2D eigenvalue weighted by molar-refractivity contribution is 6.06. The van der Waals surface area contributed by atoms with Crippen LogP contribution >= 0.6 is 0 Å². The molecular formula is C25H32N6O4. The molecule has 1 aliphatic rings. The van der Waals surface area contributed by atoms with Crippen molar-refractivity contribution < 1.29 is 19.4 Å². The lowest BCUT2D eigenvalue weighted by Gasteiger charge is -2.17. The van der Waals surface area contributed by atoms with Crippen LogP contribution in [-0.2, 0) is 4.79 Å². The minimum atomic E-state index is -0.0407. The van der Waals surface area contributed by atoms with E-state index in [2.05, 4.69) is 25.3 Å². The van der Waals surface area contributed by atoms with Crippen LogP contribution in [-0.4, -0.2) is 70.9 Å². The summed E-state index contributed by atoms with van der Waals surface area (Å²) < 4.78 is 11.4. The van der Waals surface area contributed by atoms with Crippen molar-refractivity contribution >= 4 is 34.7 Å². The van der Waals surface area contributed by atoms with Crippen LogP contribution in [0.3, 0.4) is 0 Å². The molecule has 3 N–H and O–H groups in total. The van der Waals surface area contributed by atoms with Gasteiger partial charge in [-0.2, -0.15) is 0 Å². The number of rotatable bonds is 1. The highest BCUT2D eigenvalue weighted by atomic mass is 16.5. The molecule has 35 heavy (non-hydrogen) atoms. The number of aromatic nitrogens is 3. The third-order valence-corrected chi connectivity index (χ3v) is 6.03. The van der Waals surface area contributed by atoms with E-state index in [4.69, 9.17) is 9.47 Å². The molecule has 1 aromatic carbocycles. The van der Waals surface area contributed by atoms with E-state index in [0.29, 0.717) is 65.7 Å². The van der Waals surface area contributed by atoms with Gasteiger partial charge < -0.3 is 29.8 Å². The van der Waals surface area contributed by atoms with Gasteiger partial charge in [-0.3, -0.25) is 9.79 Å². The number of fused-ring (bicyclic) bond motifs is 2. The molecule has 2 bridgehead atoms. The number of amides is 1. The van der Waals surface area contributed by atoms with Crippen LogP contribution < -0.4 is 14.8 Å². The lowest BCUT2D eigenvalue weighted by Crippen LogP contribution is -2.28. The van der Waals surface area contributed by atoms with Crippen LogP contribution in [0.4, 0.5) is 11.5 Å². The maximum Gasteiger partial charge on any atom is 0.222 e. The van der Waals surface area contributed by atoms with Crippen LogP contribution in [0.1, 0.15) is 44.1 Å². The van der Waals surface area contributed by atoms with Gasteiger partial charge in [0.1, 0.15) is 17.8 Å². The Balaban J connectivity index is 1.63. The van der Waals surface area contributed by atoms with Crippen molar-refractivity contribution in [2.24, 2.45) is 4.99 Å². The summed E-state index contributed by atoms with van der Waals surface area (Å²) in [4.78, 5) is 30.2. The van der Waals surface area contributed by atoms with E-state index in [9.17, 15) is 9.90 Å². The van der Waals surface area contributed by atoms with Crippen LogP contribution in [0.15, 0.2) is 29.5 Å². The Labute approximate surface area is 204 Å². The van der Waals surface area contributed by atoms with Gasteiger partial charge in [0.2, 0.25) is 5.91 Å². The molecule has 10 nitrogen and oxygen atoms in total. The fourth-order valence-corrected chi connectivity index (χ4v) is 4.04.